The summed E-state index contributed by atoms with van der Waals surface area (Å²) in [5, 5.41) is 0. The largest absolute Gasteiger partial charge is 0.381 e. The predicted molar refractivity (Wildman–Crippen MR) is 103 cm³/mol. The number of fused-ring (bicyclic) bond motifs is 2. The Bertz CT molecular complexity index is 523. The Labute approximate surface area is 159 Å². The van der Waals surface area contributed by atoms with E-state index in [-0.39, 0.29) is 5.41 Å². The van der Waals surface area contributed by atoms with Crippen LogP contribution in [0.25, 0.3) is 0 Å². The molecule has 1 amide bonds. The zero-order valence-corrected chi connectivity index (χ0v) is 17.0. The molecule has 0 bridgehead atoms. The number of carbonyl (C=O) groups is 1. The Balaban J connectivity index is 1.43. The lowest BCUT2D eigenvalue weighted by molar-refractivity contribution is -0.141. The Morgan fingerprint density at radius 3 is 2.46 bits per heavy atom. The maximum absolute atomic E-state index is 13.1. The highest BCUT2D eigenvalue weighted by molar-refractivity contribution is 5.84. The van der Waals surface area contributed by atoms with Gasteiger partial charge < -0.3 is 19.4 Å². The SMILES string of the molecule is CN1C[C@@H]2C3(CCN(CC4CCOCC4)CC3)CC[C@]2(C(=O)N(C)C)C1. The lowest BCUT2D eigenvalue weighted by Crippen LogP contribution is -2.49. The molecule has 1 saturated carbocycles. The summed E-state index contributed by atoms with van der Waals surface area (Å²) in [4.78, 5) is 20.1. The smallest absolute Gasteiger partial charge is 0.229 e. The number of ether oxygens (including phenoxy) is 1. The molecule has 4 fully saturated rings. The quantitative estimate of drug-likeness (QED) is 0.768. The molecule has 0 radical (unpaired) electrons. The Morgan fingerprint density at radius 1 is 1.12 bits per heavy atom. The van der Waals surface area contributed by atoms with Crippen molar-refractivity contribution in [2.24, 2.45) is 22.7 Å². The van der Waals surface area contributed by atoms with Crippen molar-refractivity contribution in [3.63, 3.8) is 0 Å². The molecule has 4 rings (SSSR count). The Hall–Kier alpha value is -0.650. The molecule has 3 saturated heterocycles. The molecular weight excluding hydrogens is 326 g/mol. The summed E-state index contributed by atoms with van der Waals surface area (Å²) in [6, 6.07) is 0. The normalized spacial score (nSPS) is 35.7. The molecule has 0 aromatic heterocycles. The zero-order chi connectivity index (χ0) is 18.4. The minimum atomic E-state index is -0.110. The van der Waals surface area contributed by atoms with E-state index in [2.05, 4.69) is 16.8 Å². The van der Waals surface area contributed by atoms with Crippen LogP contribution in [0.15, 0.2) is 0 Å². The van der Waals surface area contributed by atoms with Crippen molar-refractivity contribution in [1.82, 2.24) is 14.7 Å². The monoisotopic (exact) mass is 363 g/mol. The van der Waals surface area contributed by atoms with Crippen LogP contribution in [-0.2, 0) is 9.53 Å². The van der Waals surface area contributed by atoms with Crippen molar-refractivity contribution in [2.75, 3.05) is 67.1 Å². The third-order valence-corrected chi connectivity index (χ3v) is 8.06. The molecular formula is C21H37N3O2. The molecule has 26 heavy (non-hydrogen) atoms. The number of piperidine rings is 1. The van der Waals surface area contributed by atoms with E-state index < -0.39 is 0 Å². The maximum atomic E-state index is 13.1. The van der Waals surface area contributed by atoms with Crippen LogP contribution in [0.1, 0.15) is 38.5 Å². The first kappa shape index (κ1) is 18.7. The average molecular weight is 364 g/mol. The number of carbonyl (C=O) groups excluding carboxylic acids is 1. The lowest BCUT2D eigenvalue weighted by atomic mass is 9.65. The number of nitrogens with zero attached hydrogens (tertiary/aromatic N) is 3. The van der Waals surface area contributed by atoms with Gasteiger partial charge in [0.1, 0.15) is 0 Å². The molecule has 3 heterocycles. The van der Waals surface area contributed by atoms with Gasteiger partial charge in [0.05, 0.1) is 5.41 Å². The van der Waals surface area contributed by atoms with Crippen molar-refractivity contribution < 1.29 is 9.53 Å². The number of amides is 1. The number of hydrogen-bond donors (Lipinski definition) is 0. The summed E-state index contributed by atoms with van der Waals surface area (Å²) in [6.07, 6.45) is 7.40. The molecule has 1 aliphatic carbocycles. The van der Waals surface area contributed by atoms with Gasteiger partial charge in [0.15, 0.2) is 0 Å². The highest BCUT2D eigenvalue weighted by atomic mass is 16.5. The third kappa shape index (κ3) is 3.10. The van der Waals surface area contributed by atoms with Crippen LogP contribution in [0.4, 0.5) is 0 Å². The minimum absolute atomic E-state index is 0.110. The van der Waals surface area contributed by atoms with Gasteiger partial charge in [-0.2, -0.15) is 0 Å². The molecule has 0 aromatic rings. The van der Waals surface area contributed by atoms with Gasteiger partial charge in [-0.3, -0.25) is 4.79 Å². The van der Waals surface area contributed by atoms with Crippen LogP contribution in [0.5, 0.6) is 0 Å². The Morgan fingerprint density at radius 2 is 1.81 bits per heavy atom. The van der Waals surface area contributed by atoms with Crippen LogP contribution in [0, 0.1) is 22.7 Å². The van der Waals surface area contributed by atoms with Gasteiger partial charge in [-0.15, -0.1) is 0 Å². The highest BCUT2D eigenvalue weighted by Gasteiger charge is 2.64. The minimum Gasteiger partial charge on any atom is -0.381 e. The average Bonchev–Trinajstić information content (AvgIpc) is 3.12. The first-order chi connectivity index (χ1) is 12.5. The van der Waals surface area contributed by atoms with E-state index in [9.17, 15) is 4.79 Å². The first-order valence-electron chi connectivity index (χ1n) is 10.7. The highest BCUT2D eigenvalue weighted by Crippen LogP contribution is 2.62. The summed E-state index contributed by atoms with van der Waals surface area (Å²) < 4.78 is 5.52. The molecule has 0 N–H and O–H groups in total. The van der Waals surface area contributed by atoms with Crippen molar-refractivity contribution in [2.45, 2.75) is 38.5 Å². The number of hydrogen-bond acceptors (Lipinski definition) is 4. The second kappa shape index (κ2) is 7.06. The van der Waals surface area contributed by atoms with E-state index in [1.54, 1.807) is 0 Å². The second-order valence-electron chi connectivity index (χ2n) is 9.82. The standard InChI is InChI=1S/C21H37N3O2/c1-22(2)19(25)21-7-6-20(18(21)15-23(3)16-21)8-10-24(11-9-20)14-17-4-12-26-13-5-17/h17-18H,4-16H2,1-3H3/t18-,21+/m1/s1. The number of rotatable bonds is 3. The van der Waals surface area contributed by atoms with Crippen molar-refractivity contribution in [1.29, 1.82) is 0 Å². The molecule has 1 spiro atoms. The molecule has 0 unspecified atom stereocenters. The topological polar surface area (TPSA) is 36.0 Å². The van der Waals surface area contributed by atoms with Gasteiger partial charge in [-0.05, 0) is 75.9 Å². The van der Waals surface area contributed by atoms with Gasteiger partial charge in [0, 0.05) is 46.9 Å². The van der Waals surface area contributed by atoms with Crippen molar-refractivity contribution in [3.8, 4) is 0 Å². The lowest BCUT2D eigenvalue weighted by Gasteiger charge is -2.45. The molecule has 5 heteroatoms. The van der Waals surface area contributed by atoms with E-state index >= 15 is 0 Å². The molecule has 0 aromatic carbocycles. The molecule has 148 valence electrons. The van der Waals surface area contributed by atoms with Gasteiger partial charge in [-0.25, -0.2) is 0 Å². The second-order valence-corrected chi connectivity index (χ2v) is 9.82. The summed E-state index contributed by atoms with van der Waals surface area (Å²) in [5.41, 5.74) is 0.295. The predicted octanol–water partition coefficient (Wildman–Crippen LogP) is 1.93. The van der Waals surface area contributed by atoms with E-state index in [0.29, 0.717) is 17.2 Å². The van der Waals surface area contributed by atoms with Crippen LogP contribution in [0.3, 0.4) is 0 Å². The zero-order valence-electron chi connectivity index (χ0n) is 17.0. The van der Waals surface area contributed by atoms with Crippen LogP contribution < -0.4 is 0 Å². The summed E-state index contributed by atoms with van der Waals surface area (Å²) in [5.74, 6) is 1.77. The first-order valence-corrected chi connectivity index (χ1v) is 10.7. The summed E-state index contributed by atoms with van der Waals surface area (Å²) >= 11 is 0. The summed E-state index contributed by atoms with van der Waals surface area (Å²) in [7, 11) is 6.08. The third-order valence-electron chi connectivity index (χ3n) is 8.06. The van der Waals surface area contributed by atoms with Gasteiger partial charge in [0.2, 0.25) is 5.91 Å². The van der Waals surface area contributed by atoms with Crippen molar-refractivity contribution >= 4 is 5.91 Å². The van der Waals surface area contributed by atoms with Crippen LogP contribution in [-0.4, -0.2) is 87.7 Å². The fourth-order valence-corrected chi connectivity index (χ4v) is 6.66. The van der Waals surface area contributed by atoms with Gasteiger partial charge in [0.25, 0.3) is 0 Å². The van der Waals surface area contributed by atoms with E-state index in [0.717, 1.165) is 38.6 Å². The maximum Gasteiger partial charge on any atom is 0.229 e. The Kier molecular flexibility index (Phi) is 5.08. The van der Waals surface area contributed by atoms with Gasteiger partial charge >= 0.3 is 0 Å². The van der Waals surface area contributed by atoms with Gasteiger partial charge in [-0.1, -0.05) is 0 Å². The number of likely N-dealkylation sites (tertiary alicyclic amines) is 2. The fraction of sp³-hybridized carbons (Fsp3) is 0.952. The van der Waals surface area contributed by atoms with E-state index in [4.69, 9.17) is 4.74 Å². The molecule has 5 nitrogen and oxygen atoms in total. The molecule has 3 aliphatic heterocycles. The van der Waals surface area contributed by atoms with Crippen molar-refractivity contribution in [3.05, 3.63) is 0 Å². The summed E-state index contributed by atoms with van der Waals surface area (Å²) in [6.45, 7) is 7.68. The van der Waals surface area contributed by atoms with Crippen LogP contribution >= 0.6 is 0 Å². The molecule has 2 atom stereocenters. The van der Waals surface area contributed by atoms with E-state index in [1.165, 1.54) is 51.7 Å². The van der Waals surface area contributed by atoms with E-state index in [1.807, 2.05) is 19.0 Å². The molecule has 4 aliphatic rings. The van der Waals surface area contributed by atoms with Crippen LogP contribution in [0.2, 0.25) is 0 Å². The fourth-order valence-electron chi connectivity index (χ4n) is 6.66.